The molecule has 0 aliphatic heterocycles. The molecule has 1 amide bonds. The first-order valence-electron chi connectivity index (χ1n) is 10.3. The Morgan fingerprint density at radius 1 is 1.09 bits per heavy atom. The fourth-order valence-electron chi connectivity index (χ4n) is 3.24. The molecule has 2 aromatic carbocycles. The summed E-state index contributed by atoms with van der Waals surface area (Å²) in [5.41, 5.74) is 11.6. The van der Waals surface area contributed by atoms with Crippen LogP contribution in [0.5, 0.6) is 0 Å². The third-order valence-electron chi connectivity index (χ3n) is 5.02. The van der Waals surface area contributed by atoms with Crippen LogP contribution in [0.2, 0.25) is 0 Å². The van der Waals surface area contributed by atoms with E-state index in [4.69, 9.17) is 5.73 Å². The van der Waals surface area contributed by atoms with Gasteiger partial charge in [-0.3, -0.25) is 4.79 Å². The second kappa shape index (κ2) is 12.5. The minimum absolute atomic E-state index is 0. The van der Waals surface area contributed by atoms with Crippen molar-refractivity contribution in [2.75, 3.05) is 6.54 Å². The van der Waals surface area contributed by atoms with E-state index in [1.807, 2.05) is 37.5 Å². The average Bonchev–Trinajstić information content (AvgIpc) is 3.12. The maximum Gasteiger partial charge on any atom is 0.279 e. The summed E-state index contributed by atoms with van der Waals surface area (Å²) >= 11 is 1.29. The number of carbonyl (C=O) groups is 1. The van der Waals surface area contributed by atoms with Crippen molar-refractivity contribution in [3.8, 4) is 0 Å². The van der Waals surface area contributed by atoms with Crippen molar-refractivity contribution in [1.82, 2.24) is 9.29 Å². The molecule has 1 aromatic heterocycles. The maximum absolute atomic E-state index is 12.8. The summed E-state index contributed by atoms with van der Waals surface area (Å²) in [6, 6.07) is 12.2. The van der Waals surface area contributed by atoms with Gasteiger partial charge >= 0.3 is 0 Å². The molecule has 2 N–H and O–H groups in total. The number of carbonyl (C=O) groups excluding carboxylic acids is 1. The predicted octanol–water partition coefficient (Wildman–Crippen LogP) is 4.14. The van der Waals surface area contributed by atoms with Crippen LogP contribution >= 0.6 is 11.3 Å². The summed E-state index contributed by atoms with van der Waals surface area (Å²) in [6.45, 7) is 6.52. The molecule has 0 bridgehead atoms. The third kappa shape index (κ3) is 7.41. The van der Waals surface area contributed by atoms with Crippen molar-refractivity contribution in [2.24, 2.45) is 4.99 Å². The number of rotatable bonds is 8. The Bertz CT molecular complexity index is 1280. The van der Waals surface area contributed by atoms with E-state index >= 15 is 0 Å². The Balaban J connectivity index is 0.00000385. The quantitative estimate of drug-likeness (QED) is 0.383. The minimum Gasteiger partial charge on any atom is -0.677 e. The van der Waals surface area contributed by atoms with Gasteiger partial charge in [0.25, 0.3) is 5.91 Å². The first-order valence-corrected chi connectivity index (χ1v) is 12.6. The number of nitrogens with zero attached hydrogens (tertiary/aromatic N) is 2. The Morgan fingerprint density at radius 2 is 1.76 bits per heavy atom. The summed E-state index contributed by atoms with van der Waals surface area (Å²) in [5.74, 6) is -0.337. The molecule has 1 heterocycles. The van der Waals surface area contributed by atoms with Crippen LogP contribution < -0.4 is 9.52 Å². The molecule has 0 aliphatic carbocycles. The number of hydrogen-bond acceptors (Lipinski definition) is 4. The van der Waals surface area contributed by atoms with Crippen LogP contribution in [-0.4, -0.2) is 25.4 Å². The van der Waals surface area contributed by atoms with Gasteiger partial charge in [-0.05, 0) is 44.5 Å². The maximum atomic E-state index is 12.8. The molecular formula is C23H27AcN4O3S2-. The molecule has 0 spiro atoms. The molecule has 0 atom stereocenters. The Hall–Kier alpha value is -1.15. The molecular weight excluding hydrogens is 671 g/mol. The van der Waals surface area contributed by atoms with Gasteiger partial charge in [-0.1, -0.05) is 41.8 Å². The molecule has 0 saturated carbocycles. The fourth-order valence-corrected chi connectivity index (χ4v) is 5.16. The zero-order valence-corrected chi connectivity index (χ0v) is 25.3. The Labute approximate surface area is 234 Å². The van der Waals surface area contributed by atoms with E-state index in [1.54, 1.807) is 35.7 Å². The first kappa shape index (κ1) is 28.1. The van der Waals surface area contributed by atoms with Crippen LogP contribution in [0.15, 0.2) is 57.7 Å². The summed E-state index contributed by atoms with van der Waals surface area (Å²) in [7, 11) is -3.67. The van der Waals surface area contributed by atoms with Crippen molar-refractivity contribution in [1.29, 1.82) is 0 Å². The Kier molecular flexibility index (Phi) is 10.7. The van der Waals surface area contributed by atoms with E-state index in [9.17, 15) is 13.2 Å². The van der Waals surface area contributed by atoms with E-state index in [0.29, 0.717) is 29.0 Å². The number of benzene rings is 2. The molecule has 0 unspecified atom stereocenters. The summed E-state index contributed by atoms with van der Waals surface area (Å²) in [4.78, 5) is 17.8. The van der Waals surface area contributed by atoms with Crippen molar-refractivity contribution < 1.29 is 57.3 Å². The summed E-state index contributed by atoms with van der Waals surface area (Å²) < 4.78 is 29.7. The van der Waals surface area contributed by atoms with Crippen LogP contribution in [0.3, 0.4) is 0 Å². The van der Waals surface area contributed by atoms with Gasteiger partial charge in [0.15, 0.2) is 4.80 Å². The monoisotopic (exact) mass is 698 g/mol. The van der Waals surface area contributed by atoms with E-state index in [1.165, 1.54) is 11.3 Å². The van der Waals surface area contributed by atoms with Crippen LogP contribution in [0.1, 0.15) is 39.2 Å². The SMILES string of the molecule is Cc1ccc(S(=O)(=O)NCc2csc(=NC(=O)c3ccc(C)cc3C)n2CCC[NH-])cc1.[Ac]. The van der Waals surface area contributed by atoms with Gasteiger partial charge < -0.3 is 10.3 Å². The second-order valence-corrected chi connectivity index (χ2v) is 10.2. The standard InChI is InChI=1S/C23H27N4O3S2.Ac/c1-16-5-8-20(9-6-16)32(29,30)25-14-19-15-31-23(27(19)12-4-11-24)26-22(28)21-10-7-17(2)13-18(21)3;/h5-10,13,15,24-25H,4,11-12,14H2,1-3H3;/q-1;. The molecule has 7 nitrogen and oxygen atoms in total. The zero-order valence-electron chi connectivity index (χ0n) is 19.0. The normalized spacial score (nSPS) is 11.9. The van der Waals surface area contributed by atoms with Gasteiger partial charge in [0.1, 0.15) is 0 Å². The van der Waals surface area contributed by atoms with Gasteiger partial charge in [0.05, 0.1) is 11.4 Å². The summed E-state index contributed by atoms with van der Waals surface area (Å²) in [5, 5.41) is 1.80. The van der Waals surface area contributed by atoms with Gasteiger partial charge in [-0.2, -0.15) is 4.99 Å². The van der Waals surface area contributed by atoms with Crippen molar-refractivity contribution in [3.05, 3.63) is 86.3 Å². The van der Waals surface area contributed by atoms with Crippen LogP contribution in [0.25, 0.3) is 5.73 Å². The first-order chi connectivity index (χ1) is 15.2. The van der Waals surface area contributed by atoms with E-state index in [0.717, 1.165) is 16.7 Å². The number of aryl methyl sites for hydroxylation is 3. The van der Waals surface area contributed by atoms with Crippen molar-refractivity contribution in [2.45, 2.75) is 45.2 Å². The van der Waals surface area contributed by atoms with E-state index < -0.39 is 10.0 Å². The summed E-state index contributed by atoms with van der Waals surface area (Å²) in [6.07, 6.45) is 0.569. The fraction of sp³-hybridized carbons (Fsp3) is 0.304. The second-order valence-electron chi connectivity index (χ2n) is 7.64. The largest absolute Gasteiger partial charge is 0.677 e. The van der Waals surface area contributed by atoms with Crippen LogP contribution in [0, 0.1) is 64.8 Å². The number of nitrogens with one attached hydrogen (secondary N) is 2. The molecule has 10 heteroatoms. The molecule has 3 rings (SSSR count). The Morgan fingerprint density at radius 3 is 2.39 bits per heavy atom. The minimum atomic E-state index is -3.67. The molecule has 3 aromatic rings. The molecule has 0 fully saturated rings. The number of thiazole rings is 1. The van der Waals surface area contributed by atoms with Gasteiger partial charge in [-0.25, -0.2) is 13.1 Å². The number of amides is 1. The van der Waals surface area contributed by atoms with Crippen molar-refractivity contribution in [3.63, 3.8) is 0 Å². The number of sulfonamides is 1. The molecule has 0 aliphatic rings. The van der Waals surface area contributed by atoms with E-state index in [-0.39, 0.29) is 68.0 Å². The topological polar surface area (TPSA) is 104 Å². The average molecular weight is 699 g/mol. The van der Waals surface area contributed by atoms with Gasteiger partial charge in [0, 0.05) is 67.2 Å². The predicted molar refractivity (Wildman–Crippen MR) is 127 cm³/mol. The van der Waals surface area contributed by atoms with E-state index in [2.05, 4.69) is 9.71 Å². The van der Waals surface area contributed by atoms with Crippen molar-refractivity contribution >= 4 is 27.3 Å². The number of hydrogen-bond donors (Lipinski definition) is 1. The third-order valence-corrected chi connectivity index (χ3v) is 7.35. The smallest absolute Gasteiger partial charge is 0.279 e. The van der Waals surface area contributed by atoms with Gasteiger partial charge in [0.2, 0.25) is 10.0 Å². The molecule has 173 valence electrons. The molecule has 0 saturated heterocycles. The van der Waals surface area contributed by atoms with Crippen LogP contribution in [-0.2, 0) is 23.1 Å². The molecule has 33 heavy (non-hydrogen) atoms. The zero-order chi connectivity index (χ0) is 23.3. The van der Waals surface area contributed by atoms with Crippen LogP contribution in [0.4, 0.5) is 0 Å². The number of aromatic nitrogens is 1. The molecule has 1 radical (unpaired) electrons. The van der Waals surface area contributed by atoms with Gasteiger partial charge in [-0.15, -0.1) is 17.9 Å².